The maximum atomic E-state index is 12.7. The van der Waals surface area contributed by atoms with Crippen molar-refractivity contribution in [3.63, 3.8) is 0 Å². The molecule has 1 aliphatic rings. The Balaban J connectivity index is 1.81. The summed E-state index contributed by atoms with van der Waals surface area (Å²) in [7, 11) is 0. The van der Waals surface area contributed by atoms with Gasteiger partial charge in [-0.3, -0.25) is 0 Å². The number of nitriles is 1. The number of aromatic nitrogens is 3. The Morgan fingerprint density at radius 1 is 1.30 bits per heavy atom. The lowest BCUT2D eigenvalue weighted by atomic mass is 9.98. The Morgan fingerprint density at radius 2 is 2.09 bits per heavy atom. The zero-order valence-electron chi connectivity index (χ0n) is 11.9. The number of thiazole rings is 1. The minimum Gasteiger partial charge on any atom is -0.354 e. The monoisotopic (exact) mass is 339 g/mol. The molecule has 1 fully saturated rings. The van der Waals surface area contributed by atoms with Gasteiger partial charge in [-0.2, -0.15) is 18.4 Å². The van der Waals surface area contributed by atoms with Gasteiger partial charge in [-0.05, 0) is 12.8 Å². The molecule has 0 saturated carbocycles. The fourth-order valence-corrected chi connectivity index (χ4v) is 3.57. The number of halogens is 3. The van der Waals surface area contributed by atoms with Gasteiger partial charge >= 0.3 is 6.18 Å². The van der Waals surface area contributed by atoms with E-state index in [1.165, 1.54) is 12.4 Å². The molecule has 0 radical (unpaired) electrons. The van der Waals surface area contributed by atoms with Gasteiger partial charge in [0.05, 0.1) is 5.01 Å². The van der Waals surface area contributed by atoms with Crippen molar-refractivity contribution in [2.45, 2.75) is 24.9 Å². The van der Waals surface area contributed by atoms with Crippen LogP contribution in [0.4, 0.5) is 19.0 Å². The minimum atomic E-state index is -4.41. The summed E-state index contributed by atoms with van der Waals surface area (Å²) in [5.41, 5.74) is -0.616. The van der Waals surface area contributed by atoms with Gasteiger partial charge in [-0.15, -0.1) is 11.3 Å². The van der Waals surface area contributed by atoms with Crippen molar-refractivity contribution in [1.29, 1.82) is 5.26 Å². The van der Waals surface area contributed by atoms with E-state index in [2.05, 4.69) is 15.0 Å². The molecule has 0 aromatic carbocycles. The van der Waals surface area contributed by atoms with E-state index in [4.69, 9.17) is 5.26 Å². The summed E-state index contributed by atoms with van der Waals surface area (Å²) in [6.07, 6.45) is 0.101. The van der Waals surface area contributed by atoms with Crippen molar-refractivity contribution >= 4 is 17.2 Å². The molecule has 120 valence electrons. The summed E-state index contributed by atoms with van der Waals surface area (Å²) >= 11 is 1.03. The molecule has 0 aliphatic carbocycles. The molecule has 5 nitrogen and oxygen atoms in total. The average molecular weight is 339 g/mol. The van der Waals surface area contributed by atoms with Crippen LogP contribution in [-0.2, 0) is 6.18 Å². The number of piperidine rings is 1. The molecule has 0 amide bonds. The molecule has 2 aromatic heterocycles. The number of hydrogen-bond acceptors (Lipinski definition) is 6. The van der Waals surface area contributed by atoms with Gasteiger partial charge in [0.2, 0.25) is 0 Å². The van der Waals surface area contributed by atoms with Gasteiger partial charge in [-0.1, -0.05) is 0 Å². The summed E-state index contributed by atoms with van der Waals surface area (Å²) in [5.74, 6) is 0.380. The smallest absolute Gasteiger partial charge is 0.354 e. The van der Waals surface area contributed by atoms with Crippen LogP contribution in [0, 0.1) is 11.3 Å². The topological polar surface area (TPSA) is 65.7 Å². The minimum absolute atomic E-state index is 0.0987. The summed E-state index contributed by atoms with van der Waals surface area (Å²) in [5, 5.41) is 10.6. The molecule has 1 aliphatic heterocycles. The summed E-state index contributed by atoms with van der Waals surface area (Å²) in [6.45, 7) is 1.18. The second-order valence-electron chi connectivity index (χ2n) is 5.19. The standard InChI is InChI=1S/C14H12F3N5S/c15-14(16,17)11-8-23-13(21-11)9-2-1-5-22(7-9)12-10(6-18)19-3-4-20-12/h3-4,8-9H,1-2,5,7H2. The van der Waals surface area contributed by atoms with E-state index in [-0.39, 0.29) is 11.6 Å². The van der Waals surface area contributed by atoms with E-state index in [1.54, 1.807) is 0 Å². The molecule has 1 saturated heterocycles. The molecular weight excluding hydrogens is 327 g/mol. The Labute approximate surface area is 134 Å². The number of alkyl halides is 3. The summed E-state index contributed by atoms with van der Waals surface area (Å²) in [4.78, 5) is 13.8. The molecule has 3 heterocycles. The first-order valence-corrected chi connectivity index (χ1v) is 7.85. The molecule has 3 rings (SSSR count). The van der Waals surface area contributed by atoms with E-state index in [0.717, 1.165) is 29.6 Å². The van der Waals surface area contributed by atoms with Crippen LogP contribution in [0.2, 0.25) is 0 Å². The predicted molar refractivity (Wildman–Crippen MR) is 78.1 cm³/mol. The van der Waals surface area contributed by atoms with Gasteiger partial charge in [0.15, 0.2) is 17.2 Å². The maximum Gasteiger partial charge on any atom is 0.434 e. The van der Waals surface area contributed by atoms with Crippen molar-refractivity contribution < 1.29 is 13.2 Å². The van der Waals surface area contributed by atoms with Crippen LogP contribution in [0.5, 0.6) is 0 Å². The summed E-state index contributed by atoms with van der Waals surface area (Å²) < 4.78 is 38.1. The fraction of sp³-hybridized carbons (Fsp3) is 0.429. The van der Waals surface area contributed by atoms with Gasteiger partial charge < -0.3 is 4.90 Å². The third kappa shape index (κ3) is 3.27. The van der Waals surface area contributed by atoms with Crippen LogP contribution in [-0.4, -0.2) is 28.0 Å². The average Bonchev–Trinajstić information content (AvgIpc) is 3.05. The lowest BCUT2D eigenvalue weighted by Crippen LogP contribution is -2.35. The number of hydrogen-bond donors (Lipinski definition) is 0. The van der Waals surface area contributed by atoms with Crippen LogP contribution >= 0.6 is 11.3 Å². The first-order valence-electron chi connectivity index (χ1n) is 6.97. The number of rotatable bonds is 2. The molecule has 23 heavy (non-hydrogen) atoms. The zero-order chi connectivity index (χ0) is 16.4. The summed E-state index contributed by atoms with van der Waals surface area (Å²) in [6, 6.07) is 1.99. The molecule has 9 heteroatoms. The molecule has 1 unspecified atom stereocenters. The second kappa shape index (κ2) is 6.12. The Bertz CT molecular complexity index is 736. The first kappa shape index (κ1) is 15.7. The highest BCUT2D eigenvalue weighted by Gasteiger charge is 2.35. The van der Waals surface area contributed by atoms with Crippen LogP contribution < -0.4 is 4.90 Å². The van der Waals surface area contributed by atoms with Crippen LogP contribution in [0.3, 0.4) is 0 Å². The van der Waals surface area contributed by atoms with Gasteiger partial charge in [0.25, 0.3) is 0 Å². The second-order valence-corrected chi connectivity index (χ2v) is 6.08. The van der Waals surface area contributed by atoms with Crippen LogP contribution in [0.15, 0.2) is 17.8 Å². The van der Waals surface area contributed by atoms with Crippen molar-refractivity contribution in [2.24, 2.45) is 0 Å². The Morgan fingerprint density at radius 3 is 2.78 bits per heavy atom. The van der Waals surface area contributed by atoms with Gasteiger partial charge in [-0.25, -0.2) is 15.0 Å². The first-order chi connectivity index (χ1) is 11.0. The Kier molecular flexibility index (Phi) is 4.17. The highest BCUT2D eigenvalue weighted by atomic mass is 32.1. The lowest BCUT2D eigenvalue weighted by Gasteiger charge is -2.32. The maximum absolute atomic E-state index is 12.7. The highest BCUT2D eigenvalue weighted by molar-refractivity contribution is 7.09. The molecule has 0 bridgehead atoms. The number of anilines is 1. The van der Waals surface area contributed by atoms with Crippen molar-refractivity contribution in [1.82, 2.24) is 15.0 Å². The zero-order valence-corrected chi connectivity index (χ0v) is 12.7. The van der Waals surface area contributed by atoms with E-state index in [0.29, 0.717) is 23.9 Å². The Hall–Kier alpha value is -2.21. The van der Waals surface area contributed by atoms with E-state index in [1.807, 2.05) is 11.0 Å². The molecule has 1 atom stereocenters. The van der Waals surface area contributed by atoms with E-state index >= 15 is 0 Å². The van der Waals surface area contributed by atoms with Gasteiger partial charge in [0, 0.05) is 36.8 Å². The van der Waals surface area contributed by atoms with Crippen molar-refractivity contribution in [3.05, 3.63) is 34.2 Å². The largest absolute Gasteiger partial charge is 0.434 e. The molecule has 2 aromatic rings. The van der Waals surface area contributed by atoms with Crippen LogP contribution in [0.1, 0.15) is 35.2 Å². The molecular formula is C14H12F3N5S. The number of nitrogens with zero attached hydrogens (tertiary/aromatic N) is 5. The third-order valence-corrected chi connectivity index (χ3v) is 4.67. The molecule has 0 spiro atoms. The van der Waals surface area contributed by atoms with E-state index < -0.39 is 11.9 Å². The normalized spacial score (nSPS) is 18.7. The third-order valence-electron chi connectivity index (χ3n) is 3.67. The predicted octanol–water partition coefficient (Wildman–Crippen LogP) is 3.21. The molecule has 0 N–H and O–H groups in total. The highest BCUT2D eigenvalue weighted by Crippen LogP contribution is 2.35. The van der Waals surface area contributed by atoms with Crippen molar-refractivity contribution in [3.8, 4) is 6.07 Å². The SMILES string of the molecule is N#Cc1nccnc1N1CCCC(c2nc(C(F)(F)F)cs2)C1. The van der Waals surface area contributed by atoms with E-state index in [9.17, 15) is 13.2 Å². The quantitative estimate of drug-likeness (QED) is 0.840. The van der Waals surface area contributed by atoms with Crippen LogP contribution in [0.25, 0.3) is 0 Å². The van der Waals surface area contributed by atoms with Crippen molar-refractivity contribution in [2.75, 3.05) is 18.0 Å². The fourth-order valence-electron chi connectivity index (χ4n) is 2.62. The lowest BCUT2D eigenvalue weighted by molar-refractivity contribution is -0.140. The van der Waals surface area contributed by atoms with Gasteiger partial charge in [0.1, 0.15) is 6.07 Å².